The monoisotopic (exact) mass is 299 g/mol. The minimum atomic E-state index is -0.848. The Morgan fingerprint density at radius 2 is 2.05 bits per heavy atom. The van der Waals surface area contributed by atoms with Gasteiger partial charge in [0.05, 0.1) is 28.9 Å². The second kappa shape index (κ2) is 5.55. The molecule has 1 heterocycles. The standard InChI is InChI=1S/C16H14ClN3O/c1-16(2,11-5-10(8-18)6-12(17)7-11)15(21)14-4-3-13(19)9-20-14/h3-7,9H,19H2,1-2H3. The third kappa shape index (κ3) is 3.04. The molecule has 0 saturated carbocycles. The van der Waals surface area contributed by atoms with Crippen LogP contribution in [0.5, 0.6) is 0 Å². The summed E-state index contributed by atoms with van der Waals surface area (Å²) in [5.74, 6) is -0.159. The molecule has 0 fully saturated rings. The molecule has 0 unspecified atom stereocenters. The molecule has 1 aromatic carbocycles. The van der Waals surface area contributed by atoms with Gasteiger partial charge >= 0.3 is 0 Å². The van der Waals surface area contributed by atoms with Crippen LogP contribution in [0.1, 0.15) is 35.5 Å². The van der Waals surface area contributed by atoms with E-state index < -0.39 is 5.41 Å². The van der Waals surface area contributed by atoms with Gasteiger partial charge in [0.2, 0.25) is 0 Å². The van der Waals surface area contributed by atoms with Gasteiger partial charge in [0.1, 0.15) is 5.69 Å². The summed E-state index contributed by atoms with van der Waals surface area (Å²) >= 11 is 6.01. The second-order valence-electron chi connectivity index (χ2n) is 5.27. The van der Waals surface area contributed by atoms with Gasteiger partial charge in [0.15, 0.2) is 5.78 Å². The average molecular weight is 300 g/mol. The molecule has 2 rings (SSSR count). The van der Waals surface area contributed by atoms with E-state index in [0.29, 0.717) is 27.5 Å². The van der Waals surface area contributed by atoms with Crippen molar-refractivity contribution in [3.05, 3.63) is 58.4 Å². The number of rotatable bonds is 3. The normalized spacial score (nSPS) is 11.0. The molecule has 0 aliphatic rings. The van der Waals surface area contributed by atoms with Crippen LogP contribution in [0.2, 0.25) is 5.02 Å². The lowest BCUT2D eigenvalue weighted by Crippen LogP contribution is -2.30. The Morgan fingerprint density at radius 3 is 2.62 bits per heavy atom. The lowest BCUT2D eigenvalue weighted by atomic mass is 9.79. The Morgan fingerprint density at radius 1 is 1.33 bits per heavy atom. The number of hydrogen-bond acceptors (Lipinski definition) is 4. The van der Waals surface area contributed by atoms with Gasteiger partial charge in [0.25, 0.3) is 0 Å². The maximum absolute atomic E-state index is 12.7. The van der Waals surface area contributed by atoms with Gasteiger partial charge in [-0.1, -0.05) is 11.6 Å². The zero-order valence-corrected chi connectivity index (χ0v) is 12.5. The number of nitrogens with two attached hydrogens (primary N) is 1. The van der Waals surface area contributed by atoms with E-state index in [2.05, 4.69) is 4.98 Å². The van der Waals surface area contributed by atoms with Gasteiger partial charge in [-0.3, -0.25) is 9.78 Å². The van der Waals surface area contributed by atoms with Crippen LogP contribution in [-0.2, 0) is 5.41 Å². The van der Waals surface area contributed by atoms with Gasteiger partial charge in [-0.2, -0.15) is 5.26 Å². The van der Waals surface area contributed by atoms with Crippen LogP contribution in [0, 0.1) is 11.3 Å². The Labute approximate surface area is 128 Å². The van der Waals surface area contributed by atoms with Gasteiger partial charge in [-0.05, 0) is 49.7 Å². The summed E-state index contributed by atoms with van der Waals surface area (Å²) in [7, 11) is 0. The van der Waals surface area contributed by atoms with E-state index in [1.54, 1.807) is 44.2 Å². The van der Waals surface area contributed by atoms with Crippen molar-refractivity contribution in [1.29, 1.82) is 5.26 Å². The van der Waals surface area contributed by atoms with E-state index in [-0.39, 0.29) is 5.78 Å². The van der Waals surface area contributed by atoms with Crippen molar-refractivity contribution < 1.29 is 4.79 Å². The molecule has 2 aromatic rings. The van der Waals surface area contributed by atoms with E-state index in [0.717, 1.165) is 0 Å². The summed E-state index contributed by atoms with van der Waals surface area (Å²) in [6.45, 7) is 3.56. The third-order valence-corrected chi connectivity index (χ3v) is 3.55. The van der Waals surface area contributed by atoms with E-state index in [1.807, 2.05) is 6.07 Å². The van der Waals surface area contributed by atoms with Gasteiger partial charge < -0.3 is 5.73 Å². The summed E-state index contributed by atoms with van der Waals surface area (Å²) in [6.07, 6.45) is 1.45. The predicted octanol–water partition coefficient (Wildman–Crippen LogP) is 3.35. The SMILES string of the molecule is CC(C)(C(=O)c1ccc(N)cn1)c1cc(Cl)cc(C#N)c1. The molecule has 0 saturated heterocycles. The number of Topliss-reactive ketones (excluding diaryl/α,β-unsaturated/α-hetero) is 1. The molecule has 4 nitrogen and oxygen atoms in total. The minimum absolute atomic E-state index is 0.159. The highest BCUT2D eigenvalue weighted by Gasteiger charge is 2.32. The van der Waals surface area contributed by atoms with Crippen LogP contribution < -0.4 is 5.73 Å². The lowest BCUT2D eigenvalue weighted by Gasteiger charge is -2.23. The third-order valence-electron chi connectivity index (χ3n) is 3.34. The lowest BCUT2D eigenvalue weighted by molar-refractivity contribution is 0.0903. The van der Waals surface area contributed by atoms with Crippen molar-refractivity contribution in [1.82, 2.24) is 4.98 Å². The highest BCUT2D eigenvalue weighted by atomic mass is 35.5. The number of carbonyl (C=O) groups is 1. The molecule has 2 N–H and O–H groups in total. The Bertz CT molecular complexity index is 730. The number of anilines is 1. The number of aromatic nitrogens is 1. The fourth-order valence-electron chi connectivity index (χ4n) is 2.01. The minimum Gasteiger partial charge on any atom is -0.397 e. The maximum Gasteiger partial charge on any atom is 0.191 e. The van der Waals surface area contributed by atoms with Gasteiger partial charge in [-0.25, -0.2) is 0 Å². The first-order valence-corrected chi connectivity index (χ1v) is 6.70. The van der Waals surface area contributed by atoms with E-state index in [9.17, 15) is 4.79 Å². The van der Waals surface area contributed by atoms with Gasteiger partial charge in [0, 0.05) is 5.02 Å². The highest BCUT2D eigenvalue weighted by molar-refractivity contribution is 6.30. The van der Waals surface area contributed by atoms with Crippen molar-refractivity contribution >= 4 is 23.1 Å². The molecule has 1 aromatic heterocycles. The Hall–Kier alpha value is -2.38. The number of carbonyl (C=O) groups excluding carboxylic acids is 1. The number of nitriles is 1. The zero-order chi connectivity index (χ0) is 15.6. The molecule has 106 valence electrons. The highest BCUT2D eigenvalue weighted by Crippen LogP contribution is 2.30. The number of nitrogens with zero attached hydrogens (tertiary/aromatic N) is 2. The molecule has 0 bridgehead atoms. The first-order chi connectivity index (χ1) is 9.84. The van der Waals surface area contributed by atoms with Crippen molar-refractivity contribution in [2.45, 2.75) is 19.3 Å². The number of halogens is 1. The summed E-state index contributed by atoms with van der Waals surface area (Å²) in [4.78, 5) is 16.7. The number of benzene rings is 1. The smallest absolute Gasteiger partial charge is 0.191 e. The fraction of sp³-hybridized carbons (Fsp3) is 0.188. The van der Waals surface area contributed by atoms with Crippen LogP contribution >= 0.6 is 11.6 Å². The van der Waals surface area contributed by atoms with Crippen LogP contribution in [0.4, 0.5) is 5.69 Å². The van der Waals surface area contributed by atoms with Crippen LogP contribution in [0.3, 0.4) is 0 Å². The molecule has 0 atom stereocenters. The molecule has 5 heteroatoms. The van der Waals surface area contributed by atoms with E-state index in [4.69, 9.17) is 22.6 Å². The summed E-state index contributed by atoms with van der Waals surface area (Å²) in [5, 5.41) is 9.44. The van der Waals surface area contributed by atoms with Crippen LogP contribution in [0.25, 0.3) is 0 Å². The summed E-state index contributed by atoms with van der Waals surface area (Å²) < 4.78 is 0. The molecule has 0 aliphatic heterocycles. The Kier molecular flexibility index (Phi) is 3.97. The molecular weight excluding hydrogens is 286 g/mol. The Balaban J connectivity index is 2.46. The molecular formula is C16H14ClN3O. The van der Waals surface area contributed by atoms with Crippen molar-refractivity contribution in [2.24, 2.45) is 0 Å². The first kappa shape index (κ1) is 15.0. The molecule has 0 amide bonds. The second-order valence-corrected chi connectivity index (χ2v) is 5.71. The van der Waals surface area contributed by atoms with Crippen molar-refractivity contribution in [3.63, 3.8) is 0 Å². The number of ketones is 1. The number of nitrogen functional groups attached to an aromatic ring is 1. The predicted molar refractivity (Wildman–Crippen MR) is 82.2 cm³/mol. The van der Waals surface area contributed by atoms with Gasteiger partial charge in [-0.15, -0.1) is 0 Å². The van der Waals surface area contributed by atoms with Crippen LogP contribution in [-0.4, -0.2) is 10.8 Å². The zero-order valence-electron chi connectivity index (χ0n) is 11.7. The number of hydrogen-bond donors (Lipinski definition) is 1. The quantitative estimate of drug-likeness (QED) is 0.881. The summed E-state index contributed by atoms with van der Waals surface area (Å²) in [5.41, 5.74) is 6.65. The summed E-state index contributed by atoms with van der Waals surface area (Å²) in [6, 6.07) is 10.2. The molecule has 0 radical (unpaired) electrons. The van der Waals surface area contributed by atoms with E-state index in [1.165, 1.54) is 6.20 Å². The molecule has 21 heavy (non-hydrogen) atoms. The average Bonchev–Trinajstić information content (AvgIpc) is 2.46. The van der Waals surface area contributed by atoms with Crippen molar-refractivity contribution in [3.8, 4) is 6.07 Å². The molecule has 0 spiro atoms. The first-order valence-electron chi connectivity index (χ1n) is 6.32. The van der Waals surface area contributed by atoms with Crippen LogP contribution in [0.15, 0.2) is 36.5 Å². The topological polar surface area (TPSA) is 79.8 Å². The molecule has 0 aliphatic carbocycles. The maximum atomic E-state index is 12.7. The number of pyridine rings is 1. The van der Waals surface area contributed by atoms with Crippen molar-refractivity contribution in [2.75, 3.05) is 5.73 Å². The fourth-order valence-corrected chi connectivity index (χ4v) is 2.24. The largest absolute Gasteiger partial charge is 0.397 e. The van der Waals surface area contributed by atoms with E-state index >= 15 is 0 Å².